The van der Waals surface area contributed by atoms with Gasteiger partial charge in [-0.15, -0.1) is 0 Å². The summed E-state index contributed by atoms with van der Waals surface area (Å²) in [6.45, 7) is 7.34. The van der Waals surface area contributed by atoms with E-state index in [2.05, 4.69) is 97.2 Å². The number of carbonyl (C=O) groups excluding carboxylic acids is 1. The highest BCUT2D eigenvalue weighted by molar-refractivity contribution is 8.03. The van der Waals surface area contributed by atoms with Crippen LogP contribution in [0.4, 0.5) is 5.69 Å². The van der Waals surface area contributed by atoms with Crippen LogP contribution in [0.5, 0.6) is 0 Å². The third-order valence-electron chi connectivity index (χ3n) is 11.7. The molecule has 7 rings (SSSR count). The monoisotopic (exact) mass is 565 g/mol. The number of carbonyl (C=O) groups is 1. The molecule has 4 unspecified atom stereocenters. The second-order valence-electron chi connectivity index (χ2n) is 13.6. The van der Waals surface area contributed by atoms with Crippen molar-refractivity contribution in [3.63, 3.8) is 0 Å². The summed E-state index contributed by atoms with van der Waals surface area (Å²) in [6.07, 6.45) is 11.4. The zero-order chi connectivity index (χ0) is 28.2. The van der Waals surface area contributed by atoms with Crippen LogP contribution in [0.25, 0.3) is 5.70 Å². The van der Waals surface area contributed by atoms with Crippen molar-refractivity contribution < 1.29 is 4.79 Å². The van der Waals surface area contributed by atoms with Gasteiger partial charge in [0.25, 0.3) is 0 Å². The number of thioether (sulfide) groups is 1. The van der Waals surface area contributed by atoms with E-state index in [4.69, 9.17) is 5.10 Å². The lowest BCUT2D eigenvalue weighted by atomic mass is 9.46. The third kappa shape index (κ3) is 4.50. The topological polar surface area (TPSA) is 44.7 Å². The van der Waals surface area contributed by atoms with Gasteiger partial charge >= 0.3 is 0 Å². The largest absolute Gasteiger partial charge is 0.309 e. The molecule has 2 aromatic carbocycles. The number of allylic oxidation sites excluding steroid dienone is 1. The van der Waals surface area contributed by atoms with E-state index in [9.17, 15) is 4.79 Å². The van der Waals surface area contributed by atoms with Gasteiger partial charge < -0.3 is 4.90 Å². The van der Waals surface area contributed by atoms with Crippen molar-refractivity contribution in [2.45, 2.75) is 77.6 Å². The Morgan fingerprint density at radius 2 is 1.68 bits per heavy atom. The van der Waals surface area contributed by atoms with Gasteiger partial charge in [0, 0.05) is 23.7 Å². The summed E-state index contributed by atoms with van der Waals surface area (Å²) in [7, 11) is 0. The summed E-state index contributed by atoms with van der Waals surface area (Å²) < 4.78 is 0. The fourth-order valence-electron chi connectivity index (χ4n) is 9.62. The van der Waals surface area contributed by atoms with Gasteiger partial charge in [-0.3, -0.25) is 10.2 Å². The number of para-hydroxylation sites is 1. The molecule has 4 aliphatic carbocycles. The Hall–Kier alpha value is -2.79. The van der Waals surface area contributed by atoms with E-state index in [1.807, 2.05) is 6.08 Å². The van der Waals surface area contributed by atoms with Crippen LogP contribution in [0.1, 0.15) is 77.7 Å². The van der Waals surface area contributed by atoms with E-state index in [1.54, 1.807) is 11.8 Å². The molecule has 0 amide bonds. The Balaban J connectivity index is 1.10. The molecular formula is C36H43N3OS. The number of ketones is 1. The van der Waals surface area contributed by atoms with Gasteiger partial charge in [0.2, 0.25) is 0 Å². The van der Waals surface area contributed by atoms with E-state index in [0.717, 1.165) is 37.0 Å². The number of nitrogens with zero attached hydrogens (tertiary/aromatic N) is 2. The minimum atomic E-state index is 0.0146. The number of hydrazone groups is 1. The molecule has 5 heteroatoms. The fraction of sp³-hybridized carbons (Fsp3) is 0.500. The van der Waals surface area contributed by atoms with Crippen LogP contribution >= 0.6 is 11.8 Å². The molecule has 2 aromatic rings. The normalized spacial score (nSPS) is 36.7. The zero-order valence-corrected chi connectivity index (χ0v) is 25.5. The first kappa shape index (κ1) is 27.1. The Morgan fingerprint density at radius 1 is 0.927 bits per heavy atom. The molecule has 214 valence electrons. The lowest BCUT2D eigenvalue weighted by Crippen LogP contribution is -2.51. The summed E-state index contributed by atoms with van der Waals surface area (Å²) in [5.74, 6) is 3.16. The van der Waals surface area contributed by atoms with Crippen molar-refractivity contribution in [3.8, 4) is 0 Å². The SMILES string of the molecule is C/C(=N/NC1SC=C(c2ccccc2)N1c1ccccc1)[C@H]1CCC2C3CCC4=CC(=O)CC[C@]4(C)C3CC[C@@]21C. The molecule has 1 heterocycles. The van der Waals surface area contributed by atoms with Gasteiger partial charge in [0.1, 0.15) is 0 Å². The minimum Gasteiger partial charge on any atom is -0.309 e. The Kier molecular flexibility index (Phi) is 6.92. The van der Waals surface area contributed by atoms with Crippen LogP contribution in [-0.4, -0.2) is 17.0 Å². The van der Waals surface area contributed by atoms with Gasteiger partial charge in [0.05, 0.1) is 5.70 Å². The van der Waals surface area contributed by atoms with Crippen molar-refractivity contribution in [3.05, 3.63) is 83.3 Å². The number of fused-ring (bicyclic) bond motifs is 5. The van der Waals surface area contributed by atoms with Gasteiger partial charge in [-0.05, 0) is 110 Å². The lowest BCUT2D eigenvalue weighted by Gasteiger charge is -2.58. The van der Waals surface area contributed by atoms with Crippen LogP contribution in [0.15, 0.2) is 82.8 Å². The van der Waals surface area contributed by atoms with Crippen LogP contribution in [0, 0.1) is 34.5 Å². The predicted molar refractivity (Wildman–Crippen MR) is 171 cm³/mol. The van der Waals surface area contributed by atoms with E-state index in [1.165, 1.54) is 60.3 Å². The molecule has 3 saturated carbocycles. The molecule has 0 spiro atoms. The van der Waals surface area contributed by atoms with Crippen molar-refractivity contribution in [2.75, 3.05) is 4.90 Å². The Morgan fingerprint density at radius 3 is 2.46 bits per heavy atom. The van der Waals surface area contributed by atoms with Crippen molar-refractivity contribution >= 4 is 34.6 Å². The first-order chi connectivity index (χ1) is 19.9. The smallest absolute Gasteiger partial charge is 0.171 e. The summed E-state index contributed by atoms with van der Waals surface area (Å²) >= 11 is 1.80. The molecule has 1 N–H and O–H groups in total. The average molecular weight is 566 g/mol. The molecule has 3 fully saturated rings. The molecule has 0 saturated heterocycles. The van der Waals surface area contributed by atoms with Gasteiger partial charge in [-0.25, -0.2) is 0 Å². The lowest BCUT2D eigenvalue weighted by molar-refractivity contribution is -0.117. The maximum absolute atomic E-state index is 12.2. The summed E-state index contributed by atoms with van der Waals surface area (Å²) in [6, 6.07) is 21.3. The van der Waals surface area contributed by atoms with E-state index < -0.39 is 0 Å². The molecular weight excluding hydrogens is 522 g/mol. The minimum absolute atomic E-state index is 0.0146. The van der Waals surface area contributed by atoms with Crippen LogP contribution < -0.4 is 10.3 Å². The van der Waals surface area contributed by atoms with Crippen molar-refractivity contribution in [1.29, 1.82) is 0 Å². The highest BCUT2D eigenvalue weighted by Crippen LogP contribution is 2.66. The van der Waals surface area contributed by atoms with Gasteiger partial charge in [-0.1, -0.05) is 79.7 Å². The van der Waals surface area contributed by atoms with Crippen LogP contribution in [-0.2, 0) is 4.79 Å². The summed E-state index contributed by atoms with van der Waals surface area (Å²) in [5.41, 5.74) is 10.5. The fourth-order valence-corrected chi connectivity index (χ4v) is 10.6. The van der Waals surface area contributed by atoms with Crippen molar-refractivity contribution in [2.24, 2.45) is 39.6 Å². The average Bonchev–Trinajstić information content (AvgIpc) is 3.58. The first-order valence-corrected chi connectivity index (χ1v) is 16.6. The van der Waals surface area contributed by atoms with E-state index >= 15 is 0 Å². The number of benzene rings is 2. The van der Waals surface area contributed by atoms with E-state index in [0.29, 0.717) is 17.1 Å². The van der Waals surface area contributed by atoms with Crippen LogP contribution in [0.2, 0.25) is 0 Å². The molecule has 5 aliphatic rings. The Labute approximate surface area is 249 Å². The predicted octanol–water partition coefficient (Wildman–Crippen LogP) is 8.64. The standard InChI is InChI=1S/C36H43N3OS/c1-24(37-38-34-39(27-12-8-5-9-13-27)33(23-41-34)25-10-6-4-7-11-25)30-16-17-31-29-15-14-26-22-28(40)18-20-35(26,2)32(29)19-21-36(30,31)3/h4-13,22-23,29-32,34,38H,14-21H2,1-3H3/b37-24-/t29?,30-,31?,32?,34?,35+,36-/m1/s1. The first-order valence-electron chi connectivity index (χ1n) is 15.7. The molecule has 4 nitrogen and oxygen atoms in total. The summed E-state index contributed by atoms with van der Waals surface area (Å²) in [5, 5.41) is 7.41. The van der Waals surface area contributed by atoms with Gasteiger partial charge in [0.15, 0.2) is 11.3 Å². The molecule has 1 aliphatic heterocycles. The van der Waals surface area contributed by atoms with Crippen molar-refractivity contribution in [1.82, 2.24) is 5.43 Å². The highest BCUT2D eigenvalue weighted by Gasteiger charge is 2.59. The zero-order valence-electron chi connectivity index (χ0n) is 24.7. The quantitative estimate of drug-likeness (QED) is 0.291. The molecule has 0 bridgehead atoms. The molecule has 0 radical (unpaired) electrons. The molecule has 0 aromatic heterocycles. The second kappa shape index (κ2) is 10.5. The maximum atomic E-state index is 12.2. The molecule has 7 atom stereocenters. The van der Waals surface area contributed by atoms with E-state index in [-0.39, 0.29) is 10.9 Å². The number of hydrogen-bond donors (Lipinski definition) is 1. The molecule has 41 heavy (non-hydrogen) atoms. The van der Waals surface area contributed by atoms with Crippen LogP contribution in [0.3, 0.4) is 0 Å². The third-order valence-corrected chi connectivity index (χ3v) is 12.7. The maximum Gasteiger partial charge on any atom is 0.171 e. The number of nitrogens with one attached hydrogen (secondary N) is 1. The second-order valence-corrected chi connectivity index (χ2v) is 14.5. The number of rotatable bonds is 5. The highest BCUT2D eigenvalue weighted by atomic mass is 32.2. The number of hydrogen-bond acceptors (Lipinski definition) is 5. The summed E-state index contributed by atoms with van der Waals surface area (Å²) in [4.78, 5) is 14.6. The number of anilines is 1. The van der Waals surface area contributed by atoms with Gasteiger partial charge in [-0.2, -0.15) is 5.10 Å². The Bertz CT molecular complexity index is 1400.